The fraction of sp³-hybridized carbons (Fsp3) is 0.286. The maximum absolute atomic E-state index is 13.6. The fourth-order valence-corrected chi connectivity index (χ4v) is 2.43. The molecule has 1 heterocycles. The number of rotatable bonds is 4. The van der Waals surface area contributed by atoms with E-state index in [9.17, 15) is 13.6 Å². The van der Waals surface area contributed by atoms with Gasteiger partial charge in [-0.15, -0.1) is 0 Å². The van der Waals surface area contributed by atoms with E-state index in [-0.39, 0.29) is 27.5 Å². The summed E-state index contributed by atoms with van der Waals surface area (Å²) >= 11 is 2.92. The van der Waals surface area contributed by atoms with E-state index in [0.717, 1.165) is 6.07 Å². The van der Waals surface area contributed by atoms with Gasteiger partial charge in [0.15, 0.2) is 23.1 Å². The van der Waals surface area contributed by atoms with Crippen molar-refractivity contribution in [2.45, 2.75) is 19.9 Å². The number of nitrogens with zero attached hydrogens (tertiary/aromatic N) is 2. The van der Waals surface area contributed by atoms with E-state index in [1.807, 2.05) is 13.8 Å². The summed E-state index contributed by atoms with van der Waals surface area (Å²) in [5.41, 5.74) is 0.203. The van der Waals surface area contributed by atoms with E-state index in [0.29, 0.717) is 0 Å². The summed E-state index contributed by atoms with van der Waals surface area (Å²) in [5.74, 6) is -2.34. The van der Waals surface area contributed by atoms with Crippen LogP contribution in [-0.2, 0) is 0 Å². The molecule has 0 saturated heterocycles. The molecule has 0 unspecified atom stereocenters. The molecule has 112 valence electrons. The van der Waals surface area contributed by atoms with Crippen LogP contribution in [0.4, 0.5) is 8.78 Å². The lowest BCUT2D eigenvalue weighted by Crippen LogP contribution is -2.15. The molecule has 4 nitrogen and oxygen atoms in total. The quantitative estimate of drug-likeness (QED) is 0.617. The van der Waals surface area contributed by atoms with Gasteiger partial charge in [-0.2, -0.15) is 5.10 Å². The number of ether oxygens (including phenoxy) is 1. The van der Waals surface area contributed by atoms with Gasteiger partial charge in [-0.25, -0.2) is 8.78 Å². The van der Waals surface area contributed by atoms with Crippen molar-refractivity contribution in [3.8, 4) is 5.75 Å². The Morgan fingerprint density at radius 1 is 1.38 bits per heavy atom. The average Bonchev–Trinajstić information content (AvgIpc) is 2.88. The Labute approximate surface area is 128 Å². The summed E-state index contributed by atoms with van der Waals surface area (Å²) in [4.78, 5) is 12.6. The third kappa shape index (κ3) is 2.70. The van der Waals surface area contributed by atoms with Gasteiger partial charge < -0.3 is 4.74 Å². The van der Waals surface area contributed by atoms with Crippen LogP contribution in [0.1, 0.15) is 35.9 Å². The van der Waals surface area contributed by atoms with Crippen LogP contribution in [0, 0.1) is 11.6 Å². The third-order valence-electron chi connectivity index (χ3n) is 2.97. The van der Waals surface area contributed by atoms with E-state index in [4.69, 9.17) is 4.74 Å². The molecule has 2 aromatic rings. The molecule has 0 radical (unpaired) electrons. The second-order valence-electron chi connectivity index (χ2n) is 4.65. The molecule has 7 heteroatoms. The average molecular weight is 359 g/mol. The Morgan fingerprint density at radius 3 is 2.62 bits per heavy atom. The van der Waals surface area contributed by atoms with Crippen molar-refractivity contribution in [3.63, 3.8) is 0 Å². The lowest BCUT2D eigenvalue weighted by Gasteiger charge is -2.12. The van der Waals surface area contributed by atoms with Crippen LogP contribution in [0.25, 0.3) is 0 Å². The minimum absolute atomic E-state index is 0.00889. The first-order valence-electron chi connectivity index (χ1n) is 6.18. The van der Waals surface area contributed by atoms with Gasteiger partial charge in [0, 0.05) is 11.6 Å². The van der Waals surface area contributed by atoms with E-state index in [1.54, 1.807) is 0 Å². The summed E-state index contributed by atoms with van der Waals surface area (Å²) in [6.45, 7) is 3.70. The Balaban J connectivity index is 2.60. The van der Waals surface area contributed by atoms with Gasteiger partial charge in [0.25, 0.3) is 0 Å². The Hall–Kier alpha value is -1.76. The molecule has 0 spiro atoms. The lowest BCUT2D eigenvalue weighted by atomic mass is 10.1. The minimum atomic E-state index is -1.10. The van der Waals surface area contributed by atoms with Crippen molar-refractivity contribution >= 4 is 21.7 Å². The van der Waals surface area contributed by atoms with Crippen LogP contribution in [-0.4, -0.2) is 22.7 Å². The molecule has 1 aromatic carbocycles. The van der Waals surface area contributed by atoms with Crippen LogP contribution in [0.2, 0.25) is 0 Å². The highest BCUT2D eigenvalue weighted by molar-refractivity contribution is 9.10. The highest BCUT2D eigenvalue weighted by Gasteiger charge is 2.25. The number of benzene rings is 1. The van der Waals surface area contributed by atoms with Crippen molar-refractivity contribution in [2.75, 3.05) is 7.11 Å². The maximum Gasteiger partial charge on any atom is 0.216 e. The molecule has 0 aliphatic rings. The summed E-state index contributed by atoms with van der Waals surface area (Å²) in [7, 11) is 1.42. The number of carbonyl (C=O) groups excluding carboxylic acids is 1. The van der Waals surface area contributed by atoms with Crippen molar-refractivity contribution in [1.82, 2.24) is 9.78 Å². The molecule has 0 aliphatic carbocycles. The molecule has 0 N–H and O–H groups in total. The predicted molar refractivity (Wildman–Crippen MR) is 76.7 cm³/mol. The van der Waals surface area contributed by atoms with Crippen LogP contribution in [0.5, 0.6) is 5.75 Å². The van der Waals surface area contributed by atoms with Crippen molar-refractivity contribution in [1.29, 1.82) is 0 Å². The van der Waals surface area contributed by atoms with Gasteiger partial charge >= 0.3 is 0 Å². The molecular weight excluding hydrogens is 346 g/mol. The molecule has 21 heavy (non-hydrogen) atoms. The van der Waals surface area contributed by atoms with Crippen molar-refractivity contribution in [2.24, 2.45) is 0 Å². The van der Waals surface area contributed by atoms with Crippen molar-refractivity contribution in [3.05, 3.63) is 45.7 Å². The molecule has 0 bridgehead atoms. The first-order chi connectivity index (χ1) is 9.88. The number of ketones is 1. The Kier molecular flexibility index (Phi) is 4.41. The second kappa shape index (κ2) is 5.93. The number of carbonyl (C=O) groups is 1. The van der Waals surface area contributed by atoms with Crippen LogP contribution >= 0.6 is 15.9 Å². The zero-order chi connectivity index (χ0) is 15.7. The van der Waals surface area contributed by atoms with Gasteiger partial charge in [-0.1, -0.05) is 0 Å². The molecule has 0 fully saturated rings. The van der Waals surface area contributed by atoms with E-state index >= 15 is 0 Å². The van der Waals surface area contributed by atoms with E-state index < -0.39 is 17.4 Å². The topological polar surface area (TPSA) is 44.1 Å². The van der Waals surface area contributed by atoms with Crippen LogP contribution in [0.15, 0.2) is 22.8 Å². The minimum Gasteiger partial charge on any atom is -0.493 e. The smallest absolute Gasteiger partial charge is 0.216 e. The third-order valence-corrected chi connectivity index (χ3v) is 3.74. The monoisotopic (exact) mass is 358 g/mol. The zero-order valence-electron chi connectivity index (χ0n) is 11.7. The highest BCUT2D eigenvalue weighted by atomic mass is 79.9. The zero-order valence-corrected chi connectivity index (χ0v) is 13.2. The number of methoxy groups -OCH3 is 1. The van der Waals surface area contributed by atoms with Gasteiger partial charge in [-0.05, 0) is 41.9 Å². The molecule has 0 aliphatic heterocycles. The molecule has 0 atom stereocenters. The number of hydrogen-bond acceptors (Lipinski definition) is 3. The maximum atomic E-state index is 13.6. The summed E-state index contributed by atoms with van der Waals surface area (Å²) in [6.07, 6.45) is 1.42. The first-order valence-corrected chi connectivity index (χ1v) is 6.97. The number of hydrogen-bond donors (Lipinski definition) is 0. The standard InChI is InChI=1S/C14H13BrF2N2O2/c1-7(2)19-13(10(21-3)6-18-19)14(20)8-4-5-9(16)12(17)11(8)15/h4-7H,1-3H3. The normalized spacial score (nSPS) is 11.0. The second-order valence-corrected chi connectivity index (χ2v) is 5.44. The number of halogens is 3. The SMILES string of the molecule is COc1cnn(C(C)C)c1C(=O)c1ccc(F)c(F)c1Br. The molecular formula is C14H13BrF2N2O2. The fourth-order valence-electron chi connectivity index (χ4n) is 1.93. The first kappa shape index (κ1) is 15.6. The van der Waals surface area contributed by atoms with E-state index in [2.05, 4.69) is 21.0 Å². The molecule has 1 aromatic heterocycles. The largest absolute Gasteiger partial charge is 0.493 e. The predicted octanol–water partition coefficient (Wildman–Crippen LogP) is 3.74. The van der Waals surface area contributed by atoms with Gasteiger partial charge in [0.1, 0.15) is 0 Å². The van der Waals surface area contributed by atoms with Crippen LogP contribution < -0.4 is 4.74 Å². The van der Waals surface area contributed by atoms with Gasteiger partial charge in [-0.3, -0.25) is 9.48 Å². The van der Waals surface area contributed by atoms with Crippen molar-refractivity contribution < 1.29 is 18.3 Å². The summed E-state index contributed by atoms with van der Waals surface area (Å²) in [5, 5.41) is 4.09. The molecule has 2 rings (SSSR count). The molecule has 0 amide bonds. The molecule has 0 saturated carbocycles. The van der Waals surface area contributed by atoms with Gasteiger partial charge in [0.05, 0.1) is 17.8 Å². The lowest BCUT2D eigenvalue weighted by molar-refractivity contribution is 0.102. The number of aromatic nitrogens is 2. The van der Waals surface area contributed by atoms with Crippen LogP contribution in [0.3, 0.4) is 0 Å². The summed E-state index contributed by atoms with van der Waals surface area (Å²) < 4.78 is 33.2. The highest BCUT2D eigenvalue weighted by Crippen LogP contribution is 2.29. The van der Waals surface area contributed by atoms with E-state index in [1.165, 1.54) is 24.1 Å². The Morgan fingerprint density at radius 2 is 2.05 bits per heavy atom. The summed E-state index contributed by atoms with van der Waals surface area (Å²) in [6, 6.07) is 2.05. The Bertz CT molecular complexity index is 699. The van der Waals surface area contributed by atoms with Gasteiger partial charge in [0.2, 0.25) is 5.78 Å².